The molecule has 30 heavy (non-hydrogen) atoms. The number of ether oxygens (including phenoxy) is 1. The van der Waals surface area contributed by atoms with Crippen molar-refractivity contribution in [3.05, 3.63) is 79.9 Å². The van der Waals surface area contributed by atoms with E-state index in [1.807, 2.05) is 6.92 Å². The fourth-order valence-electron chi connectivity index (χ4n) is 2.70. The van der Waals surface area contributed by atoms with Gasteiger partial charge in [0.15, 0.2) is 0 Å². The summed E-state index contributed by atoms with van der Waals surface area (Å²) >= 11 is 1.00. The van der Waals surface area contributed by atoms with E-state index in [-0.39, 0.29) is 40.1 Å². The van der Waals surface area contributed by atoms with Crippen molar-refractivity contribution in [3.8, 4) is 5.75 Å². The molecule has 8 nitrogen and oxygen atoms in total. The number of esters is 1. The molecule has 0 unspecified atom stereocenters. The Labute approximate surface area is 176 Å². The van der Waals surface area contributed by atoms with Gasteiger partial charge in [-0.1, -0.05) is 30.0 Å². The van der Waals surface area contributed by atoms with Gasteiger partial charge in [-0.05, 0) is 37.6 Å². The lowest BCUT2D eigenvalue weighted by atomic mass is 10.1. The third-order valence-corrected chi connectivity index (χ3v) is 5.13. The van der Waals surface area contributed by atoms with Gasteiger partial charge in [-0.25, -0.2) is 9.79 Å². The first-order valence-corrected chi connectivity index (χ1v) is 9.75. The Hall–Kier alpha value is -3.59. The third kappa shape index (κ3) is 4.52. The van der Waals surface area contributed by atoms with Gasteiger partial charge in [-0.15, -0.1) is 0 Å². The van der Waals surface area contributed by atoms with Crippen LogP contribution in [0.1, 0.15) is 18.1 Å². The first-order valence-electron chi connectivity index (χ1n) is 8.93. The summed E-state index contributed by atoms with van der Waals surface area (Å²) in [5.74, 6) is -1.07. The first-order chi connectivity index (χ1) is 14.3. The van der Waals surface area contributed by atoms with Crippen LogP contribution in [0.3, 0.4) is 0 Å². The number of aromatic hydroxyl groups is 1. The lowest BCUT2D eigenvalue weighted by molar-refractivity contribution is -0.384. The number of nitro benzene ring substituents is 1. The number of nitrogens with zero attached hydrogens (tertiary/aromatic N) is 2. The van der Waals surface area contributed by atoms with Gasteiger partial charge >= 0.3 is 5.97 Å². The maximum Gasteiger partial charge on any atom is 0.344 e. The molecule has 0 amide bonds. The Kier molecular flexibility index (Phi) is 6.22. The van der Waals surface area contributed by atoms with Gasteiger partial charge in [0.1, 0.15) is 22.1 Å². The number of hydrogen-bond acceptors (Lipinski definition) is 8. The number of aliphatic hydroxyl groups excluding tert-OH is 1. The predicted molar refractivity (Wildman–Crippen MR) is 115 cm³/mol. The van der Waals surface area contributed by atoms with E-state index >= 15 is 0 Å². The molecule has 0 saturated heterocycles. The Morgan fingerprint density at radius 3 is 2.70 bits per heavy atom. The molecule has 0 atom stereocenters. The number of phenolic OH excluding ortho intramolecular Hbond substituents is 1. The van der Waals surface area contributed by atoms with Crippen molar-refractivity contribution in [2.75, 3.05) is 6.61 Å². The Bertz CT molecular complexity index is 1120. The molecule has 0 aromatic heterocycles. The Balaban J connectivity index is 2.07. The fraction of sp³-hybridized carbons (Fsp3) is 0.143. The number of rotatable bonds is 5. The van der Waals surface area contributed by atoms with E-state index in [1.165, 1.54) is 24.3 Å². The van der Waals surface area contributed by atoms with E-state index in [1.54, 1.807) is 31.2 Å². The SMILES string of the molecule is CCOC(=O)C1=C(O)C(=Cc2ccc(C)cc2O)SC1=Nc1cccc([N+](=O)[O-])c1. The summed E-state index contributed by atoms with van der Waals surface area (Å²) in [6, 6.07) is 10.7. The number of benzene rings is 2. The van der Waals surface area contributed by atoms with Crippen molar-refractivity contribution in [3.63, 3.8) is 0 Å². The standard InChI is InChI=1S/C21H18N2O6S/c1-3-29-21(26)18-19(25)17(10-13-8-7-12(2)9-16(13)24)30-20(18)22-14-5-4-6-15(11-14)23(27)28/h4-11,24-25H,3H2,1-2H3. The van der Waals surface area contributed by atoms with Crippen molar-refractivity contribution in [1.82, 2.24) is 0 Å². The molecule has 0 radical (unpaired) electrons. The summed E-state index contributed by atoms with van der Waals surface area (Å²) < 4.78 is 5.03. The van der Waals surface area contributed by atoms with Gasteiger partial charge < -0.3 is 14.9 Å². The fourth-order valence-corrected chi connectivity index (χ4v) is 3.73. The minimum Gasteiger partial charge on any atom is -0.507 e. The number of carbonyl (C=O) groups is 1. The lowest BCUT2D eigenvalue weighted by Gasteiger charge is -2.03. The zero-order valence-electron chi connectivity index (χ0n) is 16.2. The molecule has 2 aromatic carbocycles. The molecule has 0 saturated carbocycles. The van der Waals surface area contributed by atoms with Crippen LogP contribution in [-0.4, -0.2) is 32.8 Å². The summed E-state index contributed by atoms with van der Waals surface area (Å²) in [7, 11) is 0. The second-order valence-electron chi connectivity index (χ2n) is 6.31. The van der Waals surface area contributed by atoms with Crippen LogP contribution in [0.4, 0.5) is 11.4 Å². The van der Waals surface area contributed by atoms with E-state index in [9.17, 15) is 25.1 Å². The highest BCUT2D eigenvalue weighted by Gasteiger charge is 2.33. The second kappa shape index (κ2) is 8.83. The highest BCUT2D eigenvalue weighted by atomic mass is 32.2. The summed E-state index contributed by atoms with van der Waals surface area (Å²) in [4.78, 5) is 27.5. The number of thioether (sulfide) groups is 1. The van der Waals surface area contributed by atoms with Crippen molar-refractivity contribution >= 4 is 40.2 Å². The van der Waals surface area contributed by atoms with Crippen LogP contribution in [0.2, 0.25) is 0 Å². The zero-order valence-corrected chi connectivity index (χ0v) is 17.0. The summed E-state index contributed by atoms with van der Waals surface area (Å²) in [6.07, 6.45) is 1.53. The molecule has 0 bridgehead atoms. The van der Waals surface area contributed by atoms with Gasteiger partial charge in [0.05, 0.1) is 22.1 Å². The number of aryl methyl sites for hydroxylation is 1. The molecule has 0 spiro atoms. The van der Waals surface area contributed by atoms with Crippen LogP contribution in [0.5, 0.6) is 5.75 Å². The highest BCUT2D eigenvalue weighted by molar-refractivity contribution is 8.18. The van der Waals surface area contributed by atoms with E-state index in [4.69, 9.17) is 4.74 Å². The van der Waals surface area contributed by atoms with Gasteiger partial charge in [0.25, 0.3) is 5.69 Å². The minimum atomic E-state index is -0.761. The van der Waals surface area contributed by atoms with Crippen LogP contribution in [0, 0.1) is 17.0 Å². The molecule has 0 fully saturated rings. The van der Waals surface area contributed by atoms with Gasteiger partial charge in [-0.2, -0.15) is 0 Å². The predicted octanol–water partition coefficient (Wildman–Crippen LogP) is 4.80. The maximum atomic E-state index is 12.4. The van der Waals surface area contributed by atoms with Gasteiger partial charge in [-0.3, -0.25) is 10.1 Å². The third-order valence-electron chi connectivity index (χ3n) is 4.11. The molecule has 1 heterocycles. The number of aliphatic hydroxyl groups is 1. The topological polar surface area (TPSA) is 122 Å². The van der Waals surface area contributed by atoms with Crippen LogP contribution >= 0.6 is 11.8 Å². The summed E-state index contributed by atoms with van der Waals surface area (Å²) in [5.41, 5.74) is 1.29. The number of non-ortho nitro benzene ring substituents is 1. The lowest BCUT2D eigenvalue weighted by Crippen LogP contribution is -2.12. The van der Waals surface area contributed by atoms with Crippen LogP contribution in [0.25, 0.3) is 6.08 Å². The smallest absolute Gasteiger partial charge is 0.344 e. The largest absolute Gasteiger partial charge is 0.507 e. The first kappa shape index (κ1) is 21.1. The van der Waals surface area contributed by atoms with Crippen molar-refractivity contribution in [2.24, 2.45) is 4.99 Å². The maximum absolute atomic E-state index is 12.4. The van der Waals surface area contributed by atoms with Crippen LogP contribution in [-0.2, 0) is 9.53 Å². The Morgan fingerprint density at radius 1 is 1.27 bits per heavy atom. The average molecular weight is 426 g/mol. The summed E-state index contributed by atoms with van der Waals surface area (Å²) in [6.45, 7) is 3.57. The monoisotopic (exact) mass is 426 g/mol. The molecule has 154 valence electrons. The van der Waals surface area contributed by atoms with E-state index in [2.05, 4.69) is 4.99 Å². The van der Waals surface area contributed by atoms with Gasteiger partial charge in [0, 0.05) is 17.7 Å². The molecule has 2 aromatic rings. The molecule has 1 aliphatic rings. The molecule has 9 heteroatoms. The zero-order chi connectivity index (χ0) is 21.8. The van der Waals surface area contributed by atoms with Crippen molar-refractivity contribution in [2.45, 2.75) is 13.8 Å². The van der Waals surface area contributed by atoms with Crippen molar-refractivity contribution < 1.29 is 24.7 Å². The molecule has 3 rings (SSSR count). The number of hydrogen-bond donors (Lipinski definition) is 2. The van der Waals surface area contributed by atoms with E-state index < -0.39 is 10.9 Å². The average Bonchev–Trinajstić information content (AvgIpc) is 2.99. The molecular formula is C21H18N2O6S. The van der Waals surface area contributed by atoms with E-state index in [0.29, 0.717) is 10.5 Å². The van der Waals surface area contributed by atoms with Crippen molar-refractivity contribution in [1.29, 1.82) is 0 Å². The number of nitro groups is 1. The molecule has 0 aliphatic carbocycles. The molecule has 1 aliphatic heterocycles. The van der Waals surface area contributed by atoms with E-state index in [0.717, 1.165) is 17.3 Å². The second-order valence-corrected chi connectivity index (χ2v) is 7.34. The summed E-state index contributed by atoms with van der Waals surface area (Å²) in [5, 5.41) is 32.0. The highest BCUT2D eigenvalue weighted by Crippen LogP contribution is 2.41. The number of carbonyl (C=O) groups excluding carboxylic acids is 1. The number of aliphatic imine (C=N–C) groups is 1. The van der Waals surface area contributed by atoms with Crippen LogP contribution in [0.15, 0.2) is 63.7 Å². The normalized spacial score (nSPS) is 16.3. The molecular weight excluding hydrogens is 408 g/mol. The quantitative estimate of drug-likeness (QED) is 0.400. The van der Waals surface area contributed by atoms with Gasteiger partial charge in [0.2, 0.25) is 0 Å². The minimum absolute atomic E-state index is 0.0256. The Morgan fingerprint density at radius 2 is 2.03 bits per heavy atom. The number of phenols is 1. The molecule has 2 N–H and O–H groups in total. The van der Waals surface area contributed by atoms with Crippen LogP contribution < -0.4 is 0 Å².